The molecule has 1 amide bonds. The first kappa shape index (κ1) is 18.6. The van der Waals surface area contributed by atoms with E-state index in [0.717, 1.165) is 18.2 Å². The van der Waals surface area contributed by atoms with E-state index in [9.17, 15) is 18.0 Å². The summed E-state index contributed by atoms with van der Waals surface area (Å²) < 4.78 is 38.1. The molecule has 0 aliphatic rings. The molecule has 0 radical (unpaired) electrons. The maximum absolute atomic E-state index is 12.7. The van der Waals surface area contributed by atoms with E-state index in [1.54, 1.807) is 24.3 Å². The van der Waals surface area contributed by atoms with E-state index in [0.29, 0.717) is 11.3 Å². The topological polar surface area (TPSA) is 64.9 Å². The van der Waals surface area contributed by atoms with Gasteiger partial charge in [-0.05, 0) is 30.3 Å². The van der Waals surface area contributed by atoms with Crippen molar-refractivity contribution in [3.63, 3.8) is 0 Å². The third-order valence-corrected chi connectivity index (χ3v) is 3.61. The molecule has 0 atom stereocenters. The van der Waals surface area contributed by atoms with Crippen LogP contribution in [0.3, 0.4) is 0 Å². The molecule has 0 fully saturated rings. The van der Waals surface area contributed by atoms with Crippen LogP contribution in [0.25, 0.3) is 0 Å². The number of hydrogen-bond acceptors (Lipinski definition) is 3. The SMILES string of the molecule is N#Cc1ccccc1NC(=O)CCNc1cc(C(F)(F)F)ccc1Cl. The van der Waals surface area contributed by atoms with Crippen molar-refractivity contribution in [2.75, 3.05) is 17.2 Å². The number of alkyl halides is 3. The van der Waals surface area contributed by atoms with Crippen LogP contribution < -0.4 is 10.6 Å². The third-order valence-electron chi connectivity index (χ3n) is 3.28. The molecular formula is C17H13ClF3N3O. The van der Waals surface area contributed by atoms with Gasteiger partial charge in [-0.1, -0.05) is 23.7 Å². The number of benzene rings is 2. The van der Waals surface area contributed by atoms with E-state index in [1.807, 2.05) is 6.07 Å². The second-order valence-corrected chi connectivity index (χ2v) is 5.48. The molecule has 0 aliphatic carbocycles. The number of nitrogens with zero attached hydrogens (tertiary/aromatic N) is 1. The molecule has 4 nitrogen and oxygen atoms in total. The molecule has 2 N–H and O–H groups in total. The second-order valence-electron chi connectivity index (χ2n) is 5.07. The molecular weight excluding hydrogens is 355 g/mol. The van der Waals surface area contributed by atoms with Crippen LogP contribution in [0.1, 0.15) is 17.5 Å². The first-order valence-electron chi connectivity index (χ1n) is 7.21. The molecule has 0 saturated heterocycles. The fourth-order valence-electron chi connectivity index (χ4n) is 2.05. The molecule has 0 saturated carbocycles. The Hall–Kier alpha value is -2.72. The van der Waals surface area contributed by atoms with E-state index in [2.05, 4.69) is 10.6 Å². The van der Waals surface area contributed by atoms with Gasteiger partial charge >= 0.3 is 6.18 Å². The Morgan fingerprint density at radius 1 is 1.16 bits per heavy atom. The molecule has 2 aromatic carbocycles. The van der Waals surface area contributed by atoms with E-state index in [1.165, 1.54) is 0 Å². The van der Waals surface area contributed by atoms with Crippen LogP contribution >= 0.6 is 11.6 Å². The number of rotatable bonds is 5. The minimum atomic E-state index is -4.47. The quantitative estimate of drug-likeness (QED) is 0.807. The molecule has 0 bridgehead atoms. The van der Waals surface area contributed by atoms with E-state index in [-0.39, 0.29) is 29.6 Å². The lowest BCUT2D eigenvalue weighted by Gasteiger charge is -2.12. The number of amides is 1. The predicted molar refractivity (Wildman–Crippen MR) is 89.3 cm³/mol. The van der Waals surface area contributed by atoms with Crippen molar-refractivity contribution in [1.29, 1.82) is 5.26 Å². The summed E-state index contributed by atoms with van der Waals surface area (Å²) in [7, 11) is 0. The smallest absolute Gasteiger partial charge is 0.383 e. The molecule has 0 unspecified atom stereocenters. The monoisotopic (exact) mass is 367 g/mol. The van der Waals surface area contributed by atoms with Gasteiger partial charge in [0.2, 0.25) is 5.91 Å². The van der Waals surface area contributed by atoms with Crippen LogP contribution in [0.5, 0.6) is 0 Å². The summed E-state index contributed by atoms with van der Waals surface area (Å²) in [6.45, 7) is 0.0849. The lowest BCUT2D eigenvalue weighted by atomic mass is 10.2. The Kier molecular flexibility index (Phi) is 5.88. The van der Waals surface area contributed by atoms with Crippen molar-refractivity contribution in [3.05, 3.63) is 58.6 Å². The molecule has 25 heavy (non-hydrogen) atoms. The molecule has 0 heterocycles. The molecule has 0 spiro atoms. The summed E-state index contributed by atoms with van der Waals surface area (Å²) in [5.41, 5.74) is -0.0228. The summed E-state index contributed by atoms with van der Waals surface area (Å²) in [6, 6.07) is 11.4. The molecule has 2 aromatic rings. The van der Waals surface area contributed by atoms with Crippen LogP contribution in [0.4, 0.5) is 24.5 Å². The minimum Gasteiger partial charge on any atom is -0.383 e. The van der Waals surface area contributed by atoms with Crippen LogP contribution in [-0.2, 0) is 11.0 Å². The second kappa shape index (κ2) is 7.90. The van der Waals surface area contributed by atoms with Crippen molar-refractivity contribution in [2.45, 2.75) is 12.6 Å². The number of carbonyl (C=O) groups is 1. The molecule has 2 rings (SSSR count). The van der Waals surface area contributed by atoms with Gasteiger partial charge in [0, 0.05) is 13.0 Å². The largest absolute Gasteiger partial charge is 0.416 e. The maximum Gasteiger partial charge on any atom is 0.416 e. The maximum atomic E-state index is 12.7. The molecule has 130 valence electrons. The Labute approximate surface area is 147 Å². The van der Waals surface area contributed by atoms with Gasteiger partial charge in [-0.3, -0.25) is 4.79 Å². The zero-order valence-corrected chi connectivity index (χ0v) is 13.6. The fourth-order valence-corrected chi connectivity index (χ4v) is 2.23. The highest BCUT2D eigenvalue weighted by Crippen LogP contribution is 2.33. The van der Waals surface area contributed by atoms with Gasteiger partial charge in [0.1, 0.15) is 6.07 Å². The number of carbonyl (C=O) groups excluding carboxylic acids is 1. The standard InChI is InChI=1S/C17H13ClF3N3O/c18-13-6-5-12(17(19,20)21)9-15(13)23-8-7-16(25)24-14-4-2-1-3-11(14)10-22/h1-6,9,23H,7-8H2,(H,24,25). The highest BCUT2D eigenvalue weighted by molar-refractivity contribution is 6.33. The molecule has 8 heteroatoms. The van der Waals surface area contributed by atoms with Crippen LogP contribution in [0, 0.1) is 11.3 Å². The van der Waals surface area contributed by atoms with E-state index >= 15 is 0 Å². The Morgan fingerprint density at radius 3 is 2.56 bits per heavy atom. The van der Waals surface area contributed by atoms with Crippen molar-refractivity contribution in [3.8, 4) is 6.07 Å². The van der Waals surface area contributed by atoms with Crippen molar-refractivity contribution >= 4 is 28.9 Å². The number of nitriles is 1. The minimum absolute atomic E-state index is 0.00760. The lowest BCUT2D eigenvalue weighted by Crippen LogP contribution is -2.17. The normalized spacial score (nSPS) is 10.8. The van der Waals surface area contributed by atoms with Gasteiger partial charge in [-0.15, -0.1) is 0 Å². The Balaban J connectivity index is 1.95. The van der Waals surface area contributed by atoms with E-state index < -0.39 is 11.7 Å². The number of nitrogens with one attached hydrogen (secondary N) is 2. The summed E-state index contributed by atoms with van der Waals surface area (Å²) in [5.74, 6) is -0.377. The summed E-state index contributed by atoms with van der Waals surface area (Å²) in [6.07, 6.45) is -4.48. The van der Waals surface area contributed by atoms with Gasteiger partial charge in [0.15, 0.2) is 0 Å². The van der Waals surface area contributed by atoms with Crippen LogP contribution in [0.2, 0.25) is 5.02 Å². The van der Waals surface area contributed by atoms with Gasteiger partial charge in [-0.2, -0.15) is 18.4 Å². The summed E-state index contributed by atoms with van der Waals surface area (Å²) >= 11 is 5.86. The average Bonchev–Trinajstić information content (AvgIpc) is 2.56. The van der Waals surface area contributed by atoms with Gasteiger partial charge < -0.3 is 10.6 Å². The van der Waals surface area contributed by atoms with Gasteiger partial charge in [0.25, 0.3) is 0 Å². The first-order valence-corrected chi connectivity index (χ1v) is 7.58. The number of halogens is 4. The Morgan fingerprint density at radius 2 is 1.88 bits per heavy atom. The Bertz CT molecular complexity index is 816. The van der Waals surface area contributed by atoms with Crippen LogP contribution in [0.15, 0.2) is 42.5 Å². The van der Waals surface area contributed by atoms with Gasteiger partial charge in [-0.25, -0.2) is 0 Å². The third kappa shape index (κ3) is 5.13. The zero-order chi connectivity index (χ0) is 18.4. The number of hydrogen-bond donors (Lipinski definition) is 2. The lowest BCUT2D eigenvalue weighted by molar-refractivity contribution is -0.137. The highest BCUT2D eigenvalue weighted by Gasteiger charge is 2.30. The number of para-hydroxylation sites is 1. The summed E-state index contributed by atoms with van der Waals surface area (Å²) in [5, 5.41) is 14.4. The highest BCUT2D eigenvalue weighted by atomic mass is 35.5. The predicted octanol–water partition coefficient (Wildman–Crippen LogP) is 4.67. The molecule has 0 aliphatic heterocycles. The first-order chi connectivity index (χ1) is 11.8. The molecule has 0 aromatic heterocycles. The van der Waals surface area contributed by atoms with E-state index in [4.69, 9.17) is 16.9 Å². The zero-order valence-electron chi connectivity index (χ0n) is 12.8. The summed E-state index contributed by atoms with van der Waals surface area (Å²) in [4.78, 5) is 11.9. The van der Waals surface area contributed by atoms with Gasteiger partial charge in [0.05, 0.1) is 27.5 Å². The van der Waals surface area contributed by atoms with Crippen molar-refractivity contribution in [2.24, 2.45) is 0 Å². The van der Waals surface area contributed by atoms with Crippen molar-refractivity contribution in [1.82, 2.24) is 0 Å². The van der Waals surface area contributed by atoms with Crippen LogP contribution in [-0.4, -0.2) is 12.5 Å². The average molecular weight is 368 g/mol. The fraction of sp³-hybridized carbons (Fsp3) is 0.176. The van der Waals surface area contributed by atoms with Crippen molar-refractivity contribution < 1.29 is 18.0 Å². The number of anilines is 2.